The number of hydrogen-bond donors (Lipinski definition) is 3. The van der Waals surface area contributed by atoms with Gasteiger partial charge in [-0.1, -0.05) is 36.4 Å². The summed E-state index contributed by atoms with van der Waals surface area (Å²) in [4.78, 5) is 30.8. The Balaban J connectivity index is 1.65. The van der Waals surface area contributed by atoms with Gasteiger partial charge in [0.2, 0.25) is 5.91 Å². The van der Waals surface area contributed by atoms with E-state index in [9.17, 15) is 9.59 Å². The third-order valence-corrected chi connectivity index (χ3v) is 4.64. The fraction of sp³-hybridized carbons (Fsp3) is 0.211. The molecule has 0 saturated heterocycles. The highest BCUT2D eigenvalue weighted by Crippen LogP contribution is 2.39. The Hall–Kier alpha value is -3.15. The zero-order valence-corrected chi connectivity index (χ0v) is 13.3. The molecule has 1 aliphatic rings. The number of H-pyrrole nitrogens is 1. The molecule has 126 valence electrons. The largest absolute Gasteiger partial charge is 0.481 e. The lowest BCUT2D eigenvalue weighted by Gasteiger charge is -2.20. The maximum Gasteiger partial charge on any atom is 0.307 e. The second kappa shape index (κ2) is 6.05. The Morgan fingerprint density at radius 2 is 1.92 bits per heavy atom. The van der Waals surface area contributed by atoms with Crippen LogP contribution in [0.4, 0.5) is 0 Å². The first-order valence-electron chi connectivity index (χ1n) is 8.14. The predicted molar refractivity (Wildman–Crippen MR) is 91.8 cm³/mol. The summed E-state index contributed by atoms with van der Waals surface area (Å²) in [6.07, 6.45) is 2.04. The number of fused-ring (bicyclic) bond motifs is 1. The SMILES string of the molecule is O=C(O)[C@@H]1C[C@H]1C(=O)N[C@@H](c1ccccc1)c1ccc2nc[nH]c2c1. The fourth-order valence-electron chi connectivity index (χ4n) is 3.14. The summed E-state index contributed by atoms with van der Waals surface area (Å²) in [5.41, 5.74) is 3.61. The Bertz CT molecular complexity index is 935. The van der Waals surface area contributed by atoms with Crippen LogP contribution in [0.2, 0.25) is 0 Å². The molecule has 3 aromatic rings. The van der Waals surface area contributed by atoms with Crippen LogP contribution in [-0.2, 0) is 9.59 Å². The minimum Gasteiger partial charge on any atom is -0.481 e. The number of aromatic amines is 1. The van der Waals surface area contributed by atoms with Crippen LogP contribution in [0.1, 0.15) is 23.6 Å². The van der Waals surface area contributed by atoms with Crippen molar-refractivity contribution in [3.05, 3.63) is 66.0 Å². The predicted octanol–water partition coefficient (Wildman–Crippen LogP) is 2.49. The number of carbonyl (C=O) groups excluding carboxylic acids is 1. The molecule has 1 fully saturated rings. The number of nitrogens with one attached hydrogen (secondary N) is 2. The third-order valence-electron chi connectivity index (χ3n) is 4.64. The Kier molecular flexibility index (Phi) is 3.72. The molecule has 0 bridgehead atoms. The van der Waals surface area contributed by atoms with Crippen LogP contribution >= 0.6 is 0 Å². The van der Waals surface area contributed by atoms with Crippen molar-refractivity contribution in [2.75, 3.05) is 0 Å². The van der Waals surface area contributed by atoms with E-state index in [2.05, 4.69) is 15.3 Å². The van der Waals surface area contributed by atoms with E-state index in [1.54, 1.807) is 6.33 Å². The van der Waals surface area contributed by atoms with E-state index >= 15 is 0 Å². The van der Waals surface area contributed by atoms with E-state index in [4.69, 9.17) is 5.11 Å². The molecule has 0 radical (unpaired) electrons. The summed E-state index contributed by atoms with van der Waals surface area (Å²) in [7, 11) is 0. The van der Waals surface area contributed by atoms with Crippen molar-refractivity contribution >= 4 is 22.9 Å². The minimum atomic E-state index is -0.907. The summed E-state index contributed by atoms with van der Waals surface area (Å²) in [6.45, 7) is 0. The van der Waals surface area contributed by atoms with Crippen molar-refractivity contribution in [2.45, 2.75) is 12.5 Å². The molecule has 4 rings (SSSR count). The number of aliphatic carboxylic acids is 1. The summed E-state index contributed by atoms with van der Waals surface area (Å²) in [6, 6.07) is 15.1. The third kappa shape index (κ3) is 2.98. The molecule has 0 aliphatic heterocycles. The highest BCUT2D eigenvalue weighted by atomic mass is 16.4. The smallest absolute Gasteiger partial charge is 0.307 e. The van der Waals surface area contributed by atoms with E-state index in [0.717, 1.165) is 22.2 Å². The molecule has 6 nitrogen and oxygen atoms in total. The van der Waals surface area contributed by atoms with Gasteiger partial charge in [0.05, 0.1) is 35.2 Å². The lowest BCUT2D eigenvalue weighted by atomic mass is 9.98. The van der Waals surface area contributed by atoms with Gasteiger partial charge in [-0.3, -0.25) is 9.59 Å². The van der Waals surface area contributed by atoms with Gasteiger partial charge >= 0.3 is 5.97 Å². The number of nitrogens with zero attached hydrogens (tertiary/aromatic N) is 1. The van der Waals surface area contributed by atoms with E-state index in [0.29, 0.717) is 6.42 Å². The molecule has 3 N–H and O–H groups in total. The zero-order valence-electron chi connectivity index (χ0n) is 13.3. The molecule has 3 atom stereocenters. The van der Waals surface area contributed by atoms with Crippen LogP contribution in [0, 0.1) is 11.8 Å². The van der Waals surface area contributed by atoms with Gasteiger partial charge in [-0.2, -0.15) is 0 Å². The van der Waals surface area contributed by atoms with Gasteiger partial charge < -0.3 is 15.4 Å². The Labute approximate surface area is 143 Å². The van der Waals surface area contributed by atoms with Gasteiger partial charge in [0.15, 0.2) is 0 Å². The van der Waals surface area contributed by atoms with Crippen molar-refractivity contribution < 1.29 is 14.7 Å². The summed E-state index contributed by atoms with van der Waals surface area (Å²) < 4.78 is 0. The van der Waals surface area contributed by atoms with Crippen LogP contribution in [0.5, 0.6) is 0 Å². The number of amides is 1. The lowest BCUT2D eigenvalue weighted by molar-refractivity contribution is -0.140. The second-order valence-electron chi connectivity index (χ2n) is 6.32. The summed E-state index contributed by atoms with van der Waals surface area (Å²) in [5, 5.41) is 12.1. The van der Waals surface area contributed by atoms with Crippen LogP contribution in [-0.4, -0.2) is 27.0 Å². The molecule has 0 unspecified atom stereocenters. The number of aromatic nitrogens is 2. The highest BCUT2D eigenvalue weighted by molar-refractivity contribution is 5.90. The Morgan fingerprint density at radius 3 is 2.64 bits per heavy atom. The highest BCUT2D eigenvalue weighted by Gasteiger charge is 2.48. The fourth-order valence-corrected chi connectivity index (χ4v) is 3.14. The zero-order chi connectivity index (χ0) is 17.4. The van der Waals surface area contributed by atoms with Crippen LogP contribution in [0.25, 0.3) is 11.0 Å². The van der Waals surface area contributed by atoms with Crippen LogP contribution < -0.4 is 5.32 Å². The van der Waals surface area contributed by atoms with Crippen LogP contribution in [0.3, 0.4) is 0 Å². The average Bonchev–Trinajstić information content (AvgIpc) is 3.31. The van der Waals surface area contributed by atoms with Gasteiger partial charge in [0, 0.05) is 0 Å². The molecular weight excluding hydrogens is 318 g/mol. The molecule has 2 aromatic carbocycles. The first kappa shape index (κ1) is 15.4. The molecule has 6 heteroatoms. The van der Waals surface area contributed by atoms with Gasteiger partial charge in [-0.15, -0.1) is 0 Å². The van der Waals surface area contributed by atoms with Crippen molar-refractivity contribution in [1.82, 2.24) is 15.3 Å². The number of carbonyl (C=O) groups is 2. The normalized spacial score (nSPS) is 20.2. The molecule has 1 amide bonds. The molecule has 1 aromatic heterocycles. The maximum atomic E-state index is 12.5. The molecule has 1 heterocycles. The summed E-state index contributed by atoms with van der Waals surface area (Å²) in [5.74, 6) is -2.13. The molecule has 1 saturated carbocycles. The number of benzene rings is 2. The number of rotatable bonds is 5. The topological polar surface area (TPSA) is 95.1 Å². The van der Waals surface area contributed by atoms with Crippen LogP contribution in [0.15, 0.2) is 54.9 Å². The van der Waals surface area contributed by atoms with Crippen molar-refractivity contribution in [2.24, 2.45) is 11.8 Å². The molecule has 1 aliphatic carbocycles. The standard InChI is InChI=1S/C19H17N3O3/c23-18(13-9-14(13)19(24)25)22-17(11-4-2-1-3-5-11)12-6-7-15-16(8-12)21-10-20-15/h1-8,10,13-14,17H,9H2,(H,20,21)(H,22,23)(H,24,25)/t13-,14-,17+/m1/s1. The number of carboxylic acid groups (broad SMARTS) is 1. The molecule has 0 spiro atoms. The average molecular weight is 335 g/mol. The second-order valence-corrected chi connectivity index (χ2v) is 6.32. The van der Waals surface area contributed by atoms with Gasteiger partial charge in [-0.05, 0) is 29.7 Å². The number of carboxylic acids is 1. The number of imidazole rings is 1. The summed E-state index contributed by atoms with van der Waals surface area (Å²) >= 11 is 0. The monoisotopic (exact) mass is 335 g/mol. The van der Waals surface area contributed by atoms with Gasteiger partial charge in [-0.25, -0.2) is 4.98 Å². The van der Waals surface area contributed by atoms with Gasteiger partial charge in [0.1, 0.15) is 0 Å². The quantitative estimate of drug-likeness (QED) is 0.667. The lowest BCUT2D eigenvalue weighted by Crippen LogP contribution is -2.31. The minimum absolute atomic E-state index is 0.217. The maximum absolute atomic E-state index is 12.5. The van der Waals surface area contributed by atoms with Gasteiger partial charge in [0.25, 0.3) is 0 Å². The van der Waals surface area contributed by atoms with E-state index in [1.165, 1.54) is 0 Å². The van der Waals surface area contributed by atoms with Crippen molar-refractivity contribution in [3.8, 4) is 0 Å². The molecular formula is C19H17N3O3. The van der Waals surface area contributed by atoms with E-state index < -0.39 is 17.8 Å². The van der Waals surface area contributed by atoms with E-state index in [-0.39, 0.29) is 11.9 Å². The van der Waals surface area contributed by atoms with Crippen molar-refractivity contribution in [1.29, 1.82) is 0 Å². The van der Waals surface area contributed by atoms with Crippen molar-refractivity contribution in [3.63, 3.8) is 0 Å². The Morgan fingerprint density at radius 1 is 1.12 bits per heavy atom. The first-order chi connectivity index (χ1) is 12.1. The van der Waals surface area contributed by atoms with E-state index in [1.807, 2.05) is 48.5 Å². The number of hydrogen-bond acceptors (Lipinski definition) is 3. The molecule has 25 heavy (non-hydrogen) atoms. The first-order valence-corrected chi connectivity index (χ1v) is 8.14.